The van der Waals surface area contributed by atoms with Crippen LogP contribution in [0.5, 0.6) is 0 Å². The summed E-state index contributed by atoms with van der Waals surface area (Å²) in [4.78, 5) is 24.2. The topological polar surface area (TPSA) is 55.3 Å². The van der Waals surface area contributed by atoms with Gasteiger partial charge in [0.2, 0.25) is 0 Å². The third-order valence-corrected chi connectivity index (χ3v) is 6.87. The van der Waals surface area contributed by atoms with Gasteiger partial charge in [-0.3, -0.25) is 9.69 Å². The Morgan fingerprint density at radius 2 is 2.11 bits per heavy atom. The number of benzene rings is 2. The van der Waals surface area contributed by atoms with Crippen molar-refractivity contribution in [3.8, 4) is 0 Å². The van der Waals surface area contributed by atoms with Crippen LogP contribution in [-0.4, -0.2) is 35.1 Å². The molecule has 2 aromatic heterocycles. The highest BCUT2D eigenvalue weighted by atomic mass is 35.5. The number of nitrogens with zero attached hydrogens (tertiary/aromatic N) is 3. The van der Waals surface area contributed by atoms with Crippen LogP contribution in [0.3, 0.4) is 0 Å². The van der Waals surface area contributed by atoms with Crippen LogP contribution >= 0.6 is 34.3 Å². The first kappa shape index (κ1) is 18.0. The van der Waals surface area contributed by atoms with Gasteiger partial charge in [-0.25, -0.2) is 9.97 Å². The van der Waals surface area contributed by atoms with Crippen LogP contribution in [0, 0.1) is 0 Å². The minimum absolute atomic E-state index is 0.0340. The molecule has 1 aliphatic rings. The average Bonchev–Trinajstić information content (AvgIpc) is 3.44. The first-order valence-electron chi connectivity index (χ1n) is 9.00. The molecule has 5 nitrogen and oxygen atoms in total. The lowest BCUT2D eigenvalue weighted by Gasteiger charge is -2.23. The second-order valence-electron chi connectivity index (χ2n) is 6.69. The highest BCUT2D eigenvalue weighted by Gasteiger charge is 2.27. The smallest absolute Gasteiger partial charge is 0.260 e. The molecule has 0 aliphatic carbocycles. The first-order valence-corrected chi connectivity index (χ1v) is 11.1. The highest BCUT2D eigenvalue weighted by molar-refractivity contribution is 7.22. The van der Waals surface area contributed by atoms with E-state index in [4.69, 9.17) is 21.3 Å². The monoisotopic (exact) mass is 429 g/mol. The zero-order chi connectivity index (χ0) is 19.1. The zero-order valence-corrected chi connectivity index (χ0v) is 17.2. The van der Waals surface area contributed by atoms with Gasteiger partial charge >= 0.3 is 0 Å². The number of ether oxygens (including phenoxy) is 1. The number of carbonyl (C=O) groups excluding carboxylic acids is 1. The summed E-state index contributed by atoms with van der Waals surface area (Å²) < 4.78 is 7.76. The molecule has 0 spiro atoms. The van der Waals surface area contributed by atoms with Crippen LogP contribution < -0.4 is 4.90 Å². The molecular weight excluding hydrogens is 414 g/mol. The Morgan fingerprint density at radius 1 is 1.21 bits per heavy atom. The molecule has 0 bridgehead atoms. The predicted molar refractivity (Wildman–Crippen MR) is 115 cm³/mol. The van der Waals surface area contributed by atoms with Gasteiger partial charge in [0.25, 0.3) is 5.91 Å². The highest BCUT2D eigenvalue weighted by Crippen LogP contribution is 2.33. The van der Waals surface area contributed by atoms with Crippen LogP contribution in [0.25, 0.3) is 20.4 Å². The maximum atomic E-state index is 13.4. The number of aromatic nitrogens is 2. The Balaban J connectivity index is 1.54. The van der Waals surface area contributed by atoms with Crippen molar-refractivity contribution in [1.29, 1.82) is 0 Å². The maximum Gasteiger partial charge on any atom is 0.260 e. The summed E-state index contributed by atoms with van der Waals surface area (Å²) in [5, 5.41) is 1.33. The molecule has 28 heavy (non-hydrogen) atoms. The fourth-order valence-electron chi connectivity index (χ4n) is 3.39. The average molecular weight is 430 g/mol. The molecule has 5 rings (SSSR count). The van der Waals surface area contributed by atoms with Crippen molar-refractivity contribution in [2.75, 3.05) is 18.1 Å². The van der Waals surface area contributed by atoms with Crippen LogP contribution in [0.15, 0.2) is 41.9 Å². The molecule has 1 amide bonds. The summed E-state index contributed by atoms with van der Waals surface area (Å²) in [6.45, 7) is 1.24. The van der Waals surface area contributed by atoms with Crippen molar-refractivity contribution in [2.45, 2.75) is 18.9 Å². The van der Waals surface area contributed by atoms with Gasteiger partial charge in [-0.2, -0.15) is 0 Å². The van der Waals surface area contributed by atoms with E-state index in [0.29, 0.717) is 22.3 Å². The van der Waals surface area contributed by atoms with Crippen LogP contribution in [0.4, 0.5) is 5.13 Å². The standard InChI is InChI=1S/C20H16ClN3O2S2/c21-13-4-6-16-18(9-13)28-20(23-16)24(10-14-2-1-7-26-14)19(25)12-3-5-15-17(8-12)27-11-22-15/h3-6,8-9,11,14H,1-2,7,10H2. The lowest BCUT2D eigenvalue weighted by Crippen LogP contribution is -2.37. The molecule has 1 aliphatic heterocycles. The number of fused-ring (bicyclic) bond motifs is 2. The van der Waals surface area contributed by atoms with Crippen LogP contribution in [0.2, 0.25) is 5.02 Å². The fraction of sp³-hybridized carbons (Fsp3) is 0.250. The summed E-state index contributed by atoms with van der Waals surface area (Å²) in [6, 6.07) is 11.2. The van der Waals surface area contributed by atoms with Crippen LogP contribution in [-0.2, 0) is 4.74 Å². The van der Waals surface area contributed by atoms with E-state index in [9.17, 15) is 4.79 Å². The third kappa shape index (κ3) is 3.39. The van der Waals surface area contributed by atoms with Crippen molar-refractivity contribution in [3.63, 3.8) is 0 Å². The zero-order valence-electron chi connectivity index (χ0n) is 14.8. The van der Waals surface area contributed by atoms with Gasteiger partial charge in [-0.15, -0.1) is 11.3 Å². The van der Waals surface area contributed by atoms with Crippen molar-refractivity contribution in [1.82, 2.24) is 9.97 Å². The molecule has 1 unspecified atom stereocenters. The Kier molecular flexibility index (Phi) is 4.76. The second-order valence-corrected chi connectivity index (χ2v) is 9.03. The molecule has 3 heterocycles. The van der Waals surface area contributed by atoms with Crippen molar-refractivity contribution in [2.24, 2.45) is 0 Å². The Hall–Kier alpha value is -2.06. The lowest BCUT2D eigenvalue weighted by molar-refractivity contribution is 0.0917. The fourth-order valence-corrected chi connectivity index (χ4v) is 5.35. The quantitative estimate of drug-likeness (QED) is 0.436. The number of hydrogen-bond donors (Lipinski definition) is 0. The minimum atomic E-state index is -0.0732. The van der Waals surface area contributed by atoms with Gasteiger partial charge in [0.15, 0.2) is 5.13 Å². The van der Waals surface area contributed by atoms with E-state index < -0.39 is 0 Å². The largest absolute Gasteiger partial charge is 0.376 e. The molecule has 0 radical (unpaired) electrons. The lowest BCUT2D eigenvalue weighted by atomic mass is 10.1. The molecule has 0 N–H and O–H groups in total. The van der Waals surface area contributed by atoms with Gasteiger partial charge in [0.1, 0.15) is 0 Å². The Labute approximate surface area is 174 Å². The number of halogens is 1. The molecule has 142 valence electrons. The minimum Gasteiger partial charge on any atom is -0.376 e. The number of hydrogen-bond acceptors (Lipinski definition) is 6. The number of rotatable bonds is 4. The number of carbonyl (C=O) groups is 1. The second kappa shape index (κ2) is 7.40. The van der Waals surface area contributed by atoms with Gasteiger partial charge in [0.05, 0.1) is 38.6 Å². The third-order valence-electron chi connectivity index (χ3n) is 4.80. The van der Waals surface area contributed by atoms with E-state index in [1.807, 2.05) is 36.4 Å². The molecule has 0 saturated carbocycles. The van der Waals surface area contributed by atoms with Gasteiger partial charge in [-0.1, -0.05) is 22.9 Å². The molecule has 1 fully saturated rings. The number of thiazole rings is 2. The van der Waals surface area contributed by atoms with Crippen molar-refractivity contribution in [3.05, 3.63) is 52.5 Å². The summed E-state index contributed by atoms with van der Waals surface area (Å²) in [5.41, 5.74) is 4.17. The van der Waals surface area contributed by atoms with E-state index in [1.54, 1.807) is 10.4 Å². The van der Waals surface area contributed by atoms with Crippen molar-refractivity contribution >= 4 is 65.7 Å². The van der Waals surface area contributed by atoms with Gasteiger partial charge in [0, 0.05) is 17.2 Å². The first-order chi connectivity index (χ1) is 13.7. The summed E-state index contributed by atoms with van der Waals surface area (Å²) in [7, 11) is 0. The molecular formula is C20H16ClN3O2S2. The van der Waals surface area contributed by atoms with Crippen LogP contribution in [0.1, 0.15) is 23.2 Å². The SMILES string of the molecule is O=C(c1ccc2ncsc2c1)N(CC1CCCO1)c1nc2ccc(Cl)cc2s1. The molecule has 1 saturated heterocycles. The summed E-state index contributed by atoms with van der Waals surface area (Å²) >= 11 is 9.13. The predicted octanol–water partition coefficient (Wildman–Crippen LogP) is 5.39. The normalized spacial score (nSPS) is 16.8. The molecule has 2 aromatic carbocycles. The van der Waals surface area contributed by atoms with E-state index in [-0.39, 0.29) is 12.0 Å². The summed E-state index contributed by atoms with van der Waals surface area (Å²) in [5.74, 6) is -0.0732. The summed E-state index contributed by atoms with van der Waals surface area (Å²) in [6.07, 6.45) is 2.01. The molecule has 1 atom stereocenters. The van der Waals surface area contributed by atoms with Gasteiger partial charge < -0.3 is 4.74 Å². The van der Waals surface area contributed by atoms with E-state index in [0.717, 1.165) is 39.9 Å². The van der Waals surface area contributed by atoms with Gasteiger partial charge in [-0.05, 0) is 49.2 Å². The number of anilines is 1. The van der Waals surface area contributed by atoms with E-state index in [1.165, 1.54) is 22.7 Å². The molecule has 4 aromatic rings. The van der Waals surface area contributed by atoms with E-state index in [2.05, 4.69) is 4.98 Å². The van der Waals surface area contributed by atoms with Crippen molar-refractivity contribution < 1.29 is 9.53 Å². The molecule has 8 heteroatoms. The Morgan fingerprint density at radius 3 is 2.96 bits per heavy atom. The number of amides is 1. The Bertz CT molecular complexity index is 1170. The van der Waals surface area contributed by atoms with E-state index >= 15 is 0 Å². The maximum absolute atomic E-state index is 13.4.